The summed E-state index contributed by atoms with van der Waals surface area (Å²) in [7, 11) is 0. The molecule has 0 atom stereocenters. The molecule has 0 unspecified atom stereocenters. The van der Waals surface area contributed by atoms with Crippen molar-refractivity contribution in [2.75, 3.05) is 0 Å². The smallest absolute Gasteiger partial charge is 0.164 e. The third kappa shape index (κ3) is 7.86. The predicted molar refractivity (Wildman–Crippen MR) is 251 cm³/mol. The summed E-state index contributed by atoms with van der Waals surface area (Å²) in [6, 6.07) is 49.9. The van der Waals surface area contributed by atoms with Gasteiger partial charge < -0.3 is 0 Å². The molecule has 0 N–H and O–H groups in total. The predicted octanol–water partition coefficient (Wildman–Crippen LogP) is 12.7. The fraction of sp³-hybridized carbons (Fsp3) is 0.0702. The van der Waals surface area contributed by atoms with Gasteiger partial charge in [-0.05, 0) is 121 Å². The van der Waals surface area contributed by atoms with Crippen LogP contribution >= 0.6 is 0 Å². The summed E-state index contributed by atoms with van der Waals surface area (Å²) in [6.07, 6.45) is 30.1. The number of nitrogens with zero attached hydrogens (tertiary/aromatic N) is 3. The Hall–Kier alpha value is -7.49. The van der Waals surface area contributed by atoms with Crippen LogP contribution < -0.4 is 10.4 Å². The highest BCUT2D eigenvalue weighted by Crippen LogP contribution is 2.34. The standard InChI is InChI=1S/C57H43N3/c1-2-5-17-40(16-4-1)41-18-8-10-24-47(34-32-41)56-58-55(46-22-6-3-7-23-46)59-57(60-56)52-38-50(37-51(39-52)54-27-15-13-21-45-20-12-14-26-53(45)54)44-30-28-43(29-31-44)49-35-33-42-19-9-11-25-48(42)36-49/h1,3-9,11-12,14-33,35-39H,2,10,13,34H2/b18-8-,41-32+,47-24+. The van der Waals surface area contributed by atoms with Gasteiger partial charge in [-0.3, -0.25) is 0 Å². The molecule has 0 saturated carbocycles. The molecule has 3 nitrogen and oxygen atoms in total. The van der Waals surface area contributed by atoms with Crippen molar-refractivity contribution in [2.24, 2.45) is 0 Å². The van der Waals surface area contributed by atoms with Crippen molar-refractivity contribution < 1.29 is 0 Å². The summed E-state index contributed by atoms with van der Waals surface area (Å²) >= 11 is 0. The van der Waals surface area contributed by atoms with Gasteiger partial charge in [0.05, 0.1) is 0 Å². The van der Waals surface area contributed by atoms with Crippen LogP contribution in [0.4, 0.5) is 0 Å². The highest BCUT2D eigenvalue weighted by Gasteiger charge is 2.17. The van der Waals surface area contributed by atoms with Crippen LogP contribution in [0.15, 0.2) is 218 Å². The molecule has 3 aliphatic rings. The van der Waals surface area contributed by atoms with Gasteiger partial charge in [-0.15, -0.1) is 0 Å². The molecular weight excluding hydrogens is 727 g/mol. The molecule has 1 aromatic heterocycles. The van der Waals surface area contributed by atoms with Crippen molar-refractivity contribution in [3.05, 3.63) is 239 Å². The summed E-state index contributed by atoms with van der Waals surface area (Å²) in [5, 5.41) is 4.94. The number of hydrogen-bond acceptors (Lipinski definition) is 3. The molecule has 7 aromatic rings. The first kappa shape index (κ1) is 36.8. The van der Waals surface area contributed by atoms with Crippen molar-refractivity contribution in [1.29, 1.82) is 0 Å². The molecule has 3 aliphatic carbocycles. The lowest BCUT2D eigenvalue weighted by molar-refractivity contribution is 1.02. The molecule has 0 saturated heterocycles. The van der Waals surface area contributed by atoms with Crippen LogP contribution in [0.3, 0.4) is 0 Å². The maximum Gasteiger partial charge on any atom is 0.164 e. The largest absolute Gasteiger partial charge is 0.209 e. The van der Waals surface area contributed by atoms with E-state index in [4.69, 9.17) is 15.0 Å². The Morgan fingerprint density at radius 2 is 1.03 bits per heavy atom. The van der Waals surface area contributed by atoms with Gasteiger partial charge in [0.1, 0.15) is 0 Å². The van der Waals surface area contributed by atoms with E-state index in [1.807, 2.05) is 18.2 Å². The van der Waals surface area contributed by atoms with Crippen LogP contribution in [0.2, 0.25) is 0 Å². The van der Waals surface area contributed by atoms with Crippen LogP contribution in [-0.2, 0) is 0 Å². The second-order valence-electron chi connectivity index (χ2n) is 15.4. The van der Waals surface area contributed by atoms with Crippen LogP contribution in [0.1, 0.15) is 37.1 Å². The lowest BCUT2D eigenvalue weighted by Gasteiger charge is -2.14. The van der Waals surface area contributed by atoms with E-state index < -0.39 is 0 Å². The Kier molecular flexibility index (Phi) is 10.3. The van der Waals surface area contributed by atoms with Gasteiger partial charge >= 0.3 is 0 Å². The zero-order valence-corrected chi connectivity index (χ0v) is 33.4. The SMILES string of the molecule is C1=CCC=CC(C2=C/C/C(c3nc(-c4ccccc4)nc(-c4cc(C5=c6ccccc6=CCC=C5)cc(-c5ccc(-c6ccc7ccccc7c6)cc5)c4)n3)=C\C/C=C\2)=C1. The monoisotopic (exact) mass is 769 g/mol. The molecule has 0 amide bonds. The minimum absolute atomic E-state index is 0.648. The van der Waals surface area contributed by atoms with E-state index in [9.17, 15) is 0 Å². The lowest BCUT2D eigenvalue weighted by atomic mass is 9.93. The van der Waals surface area contributed by atoms with Gasteiger partial charge in [-0.2, -0.15) is 0 Å². The van der Waals surface area contributed by atoms with E-state index in [1.165, 1.54) is 49.1 Å². The number of hydrogen-bond donors (Lipinski definition) is 0. The number of rotatable bonds is 7. The van der Waals surface area contributed by atoms with Gasteiger partial charge in [0, 0.05) is 11.1 Å². The molecule has 3 heteroatoms. The zero-order valence-electron chi connectivity index (χ0n) is 33.4. The van der Waals surface area contributed by atoms with Gasteiger partial charge in [0.25, 0.3) is 0 Å². The van der Waals surface area contributed by atoms with Crippen LogP contribution in [0, 0.1) is 0 Å². The summed E-state index contributed by atoms with van der Waals surface area (Å²) in [6.45, 7) is 0. The first-order valence-electron chi connectivity index (χ1n) is 20.8. The van der Waals surface area contributed by atoms with Gasteiger partial charge in [0.2, 0.25) is 0 Å². The molecule has 6 aromatic carbocycles. The van der Waals surface area contributed by atoms with E-state index in [1.54, 1.807) is 0 Å². The van der Waals surface area contributed by atoms with Crippen LogP contribution in [0.5, 0.6) is 0 Å². The van der Waals surface area contributed by atoms with Crippen molar-refractivity contribution in [1.82, 2.24) is 15.0 Å². The Labute approximate surface area is 351 Å². The molecule has 0 bridgehead atoms. The van der Waals surface area contributed by atoms with E-state index in [0.717, 1.165) is 52.7 Å². The quantitative estimate of drug-likeness (QED) is 0.162. The second kappa shape index (κ2) is 16.8. The molecule has 286 valence electrons. The van der Waals surface area contributed by atoms with E-state index in [2.05, 4.69) is 194 Å². The fourth-order valence-electron chi connectivity index (χ4n) is 8.26. The minimum Gasteiger partial charge on any atom is -0.209 e. The Morgan fingerprint density at radius 1 is 0.383 bits per heavy atom. The highest BCUT2D eigenvalue weighted by atomic mass is 15.0. The van der Waals surface area contributed by atoms with Gasteiger partial charge in [-0.1, -0.05) is 188 Å². The van der Waals surface area contributed by atoms with Crippen molar-refractivity contribution in [3.8, 4) is 45.0 Å². The second-order valence-corrected chi connectivity index (χ2v) is 15.4. The maximum absolute atomic E-state index is 5.32. The average molecular weight is 770 g/mol. The normalized spacial score (nSPS) is 17.1. The molecular formula is C57H43N3. The molecule has 0 fully saturated rings. The Bertz CT molecular complexity index is 3120. The molecule has 0 aliphatic heterocycles. The summed E-state index contributed by atoms with van der Waals surface area (Å²) in [4.78, 5) is 15.7. The summed E-state index contributed by atoms with van der Waals surface area (Å²) in [5.41, 5.74) is 12.3. The molecule has 60 heavy (non-hydrogen) atoms. The van der Waals surface area contributed by atoms with Crippen LogP contribution in [-0.4, -0.2) is 15.0 Å². The zero-order chi connectivity index (χ0) is 40.1. The number of fused-ring (bicyclic) bond motifs is 2. The highest BCUT2D eigenvalue weighted by molar-refractivity contribution is 5.88. The van der Waals surface area contributed by atoms with Crippen molar-refractivity contribution >= 4 is 28.0 Å². The number of aromatic nitrogens is 3. The Balaban J connectivity index is 1.12. The van der Waals surface area contributed by atoms with Crippen LogP contribution in [0.25, 0.3) is 73.0 Å². The fourth-order valence-corrected chi connectivity index (χ4v) is 8.26. The minimum atomic E-state index is 0.648. The number of allylic oxidation sites excluding steroid dienone is 14. The van der Waals surface area contributed by atoms with Gasteiger partial charge in [0.15, 0.2) is 17.5 Å². The molecule has 10 rings (SSSR count). The lowest BCUT2D eigenvalue weighted by Crippen LogP contribution is -2.25. The summed E-state index contributed by atoms with van der Waals surface area (Å²) in [5.74, 6) is 2.00. The molecule has 0 radical (unpaired) electrons. The number of benzene rings is 6. The third-order valence-corrected chi connectivity index (χ3v) is 11.4. The Morgan fingerprint density at radius 3 is 1.92 bits per heavy atom. The third-order valence-electron chi connectivity index (χ3n) is 11.4. The maximum atomic E-state index is 5.32. The molecule has 1 heterocycles. The first-order valence-corrected chi connectivity index (χ1v) is 20.8. The van der Waals surface area contributed by atoms with E-state index in [0.29, 0.717) is 23.9 Å². The van der Waals surface area contributed by atoms with E-state index >= 15 is 0 Å². The van der Waals surface area contributed by atoms with Gasteiger partial charge in [-0.25, -0.2) is 15.0 Å². The first-order chi connectivity index (χ1) is 29.7. The summed E-state index contributed by atoms with van der Waals surface area (Å²) < 4.78 is 0. The van der Waals surface area contributed by atoms with E-state index in [-0.39, 0.29) is 0 Å². The molecule has 0 spiro atoms. The van der Waals surface area contributed by atoms with Crippen molar-refractivity contribution in [2.45, 2.75) is 25.7 Å². The average Bonchev–Trinajstić information content (AvgIpc) is 3.71. The van der Waals surface area contributed by atoms with Crippen molar-refractivity contribution in [3.63, 3.8) is 0 Å². The topological polar surface area (TPSA) is 38.7 Å².